The number of likely N-dealkylation sites (N-methyl/N-ethyl adjacent to an activating group) is 1. The maximum atomic E-state index is 11.4. The van der Waals surface area contributed by atoms with E-state index in [2.05, 4.69) is 10.3 Å². The molecule has 0 radical (unpaired) electrons. The van der Waals surface area contributed by atoms with E-state index in [9.17, 15) is 9.59 Å². The summed E-state index contributed by atoms with van der Waals surface area (Å²) in [6.07, 6.45) is 1.55. The Balaban J connectivity index is 2.88. The molecule has 0 saturated heterocycles. The molecule has 1 amide bonds. The summed E-state index contributed by atoms with van der Waals surface area (Å²) in [6, 6.07) is 0. The van der Waals surface area contributed by atoms with Gasteiger partial charge in [0.15, 0.2) is 16.6 Å². The lowest BCUT2D eigenvalue weighted by atomic mass is 10.4. The van der Waals surface area contributed by atoms with Crippen LogP contribution in [0.4, 0.5) is 5.13 Å². The van der Waals surface area contributed by atoms with Crippen LogP contribution in [0.25, 0.3) is 0 Å². The molecule has 1 rings (SSSR count). The van der Waals surface area contributed by atoms with Gasteiger partial charge in [-0.1, -0.05) is 29.9 Å². The first-order valence-corrected chi connectivity index (χ1v) is 6.38. The summed E-state index contributed by atoms with van der Waals surface area (Å²) in [7, 11) is 1.58. The smallest absolute Gasteiger partial charge is 0.239 e. The Bertz CT molecular complexity index is 408. The van der Waals surface area contributed by atoms with Gasteiger partial charge < -0.3 is 10.2 Å². The van der Waals surface area contributed by atoms with Crippen molar-refractivity contribution in [2.75, 3.05) is 25.0 Å². The van der Waals surface area contributed by atoms with Crippen molar-refractivity contribution in [2.24, 2.45) is 0 Å². The summed E-state index contributed by atoms with van der Waals surface area (Å²) in [4.78, 5) is 28.3. The summed E-state index contributed by atoms with van der Waals surface area (Å²) in [5.41, 5.74) is 0. The lowest BCUT2D eigenvalue weighted by molar-refractivity contribution is -0.119. The molecule has 0 aliphatic heterocycles. The number of thiazole rings is 1. The van der Waals surface area contributed by atoms with Crippen LogP contribution >= 0.6 is 22.9 Å². The van der Waals surface area contributed by atoms with Crippen LogP contribution < -0.4 is 10.2 Å². The topological polar surface area (TPSA) is 62.3 Å². The number of nitrogens with one attached hydrogen (secondary N) is 1. The number of amides is 1. The first-order chi connectivity index (χ1) is 8.12. The van der Waals surface area contributed by atoms with Crippen molar-refractivity contribution in [3.8, 4) is 0 Å². The Morgan fingerprint density at radius 2 is 2.35 bits per heavy atom. The van der Waals surface area contributed by atoms with Gasteiger partial charge in [-0.25, -0.2) is 4.98 Å². The van der Waals surface area contributed by atoms with E-state index in [1.807, 2.05) is 11.8 Å². The Kier molecular flexibility index (Phi) is 5.37. The molecule has 1 N–H and O–H groups in total. The van der Waals surface area contributed by atoms with E-state index in [1.54, 1.807) is 7.05 Å². The maximum absolute atomic E-state index is 11.4. The van der Waals surface area contributed by atoms with Crippen LogP contribution in [0.15, 0.2) is 0 Å². The molecule has 0 saturated carbocycles. The van der Waals surface area contributed by atoms with Crippen molar-refractivity contribution < 1.29 is 9.59 Å². The maximum Gasteiger partial charge on any atom is 0.239 e. The number of rotatable bonds is 6. The number of nitrogens with zero attached hydrogens (tertiary/aromatic N) is 2. The average Bonchev–Trinajstić information content (AvgIpc) is 2.69. The van der Waals surface area contributed by atoms with E-state index in [0.717, 1.165) is 6.42 Å². The van der Waals surface area contributed by atoms with Crippen LogP contribution in [0.5, 0.6) is 0 Å². The van der Waals surface area contributed by atoms with E-state index in [1.165, 1.54) is 11.3 Å². The molecular weight excluding hydrogens is 262 g/mol. The van der Waals surface area contributed by atoms with Crippen LogP contribution in [0, 0.1) is 0 Å². The van der Waals surface area contributed by atoms with Gasteiger partial charge in [-0.2, -0.15) is 0 Å². The zero-order valence-corrected chi connectivity index (χ0v) is 11.3. The van der Waals surface area contributed by atoms with Gasteiger partial charge in [0.2, 0.25) is 5.91 Å². The molecule has 0 bridgehead atoms. The van der Waals surface area contributed by atoms with Gasteiger partial charge in [-0.05, 0) is 6.42 Å². The Morgan fingerprint density at radius 3 is 2.82 bits per heavy atom. The molecule has 0 aromatic carbocycles. The van der Waals surface area contributed by atoms with E-state index >= 15 is 0 Å². The van der Waals surface area contributed by atoms with Crippen LogP contribution in [-0.2, 0) is 4.79 Å². The zero-order chi connectivity index (χ0) is 12.8. The average molecular weight is 276 g/mol. The zero-order valence-electron chi connectivity index (χ0n) is 9.70. The molecular formula is C10H14ClN3O2S. The van der Waals surface area contributed by atoms with Crippen molar-refractivity contribution in [1.29, 1.82) is 0 Å². The van der Waals surface area contributed by atoms with Crippen molar-refractivity contribution in [3.05, 3.63) is 10.0 Å². The first-order valence-electron chi connectivity index (χ1n) is 5.19. The largest absolute Gasteiger partial charge is 0.358 e. The Hall–Kier alpha value is -1.14. The quantitative estimate of drug-likeness (QED) is 0.801. The van der Waals surface area contributed by atoms with Gasteiger partial charge in [0.1, 0.15) is 4.88 Å². The molecule has 1 heterocycles. The Labute approximate surface area is 109 Å². The second-order valence-corrected chi connectivity index (χ2v) is 4.73. The lowest BCUT2D eigenvalue weighted by Gasteiger charge is -2.19. The van der Waals surface area contributed by atoms with Gasteiger partial charge in [0.25, 0.3) is 0 Å². The highest BCUT2D eigenvalue weighted by atomic mass is 35.5. The molecule has 94 valence electrons. The number of hydrogen-bond donors (Lipinski definition) is 1. The molecule has 0 unspecified atom stereocenters. The second kappa shape index (κ2) is 6.56. The Morgan fingerprint density at radius 1 is 1.65 bits per heavy atom. The summed E-state index contributed by atoms with van der Waals surface area (Å²) in [6.45, 7) is 2.91. The van der Waals surface area contributed by atoms with Gasteiger partial charge in [0, 0.05) is 13.6 Å². The van der Waals surface area contributed by atoms with Gasteiger partial charge in [-0.3, -0.25) is 9.59 Å². The molecule has 1 aromatic rings. The molecule has 5 nitrogen and oxygen atoms in total. The molecule has 17 heavy (non-hydrogen) atoms. The first kappa shape index (κ1) is 13.9. The fourth-order valence-corrected chi connectivity index (χ4v) is 2.36. The minimum absolute atomic E-state index is 0.0996. The molecule has 0 spiro atoms. The fraction of sp³-hybridized carbons (Fsp3) is 0.500. The van der Waals surface area contributed by atoms with Crippen LogP contribution in [0.1, 0.15) is 23.0 Å². The number of anilines is 1. The minimum Gasteiger partial charge on any atom is -0.358 e. The highest BCUT2D eigenvalue weighted by Gasteiger charge is 2.16. The highest BCUT2D eigenvalue weighted by Crippen LogP contribution is 2.28. The van der Waals surface area contributed by atoms with Crippen LogP contribution in [-0.4, -0.2) is 37.3 Å². The molecule has 0 aliphatic rings. The van der Waals surface area contributed by atoms with Crippen LogP contribution in [0.2, 0.25) is 5.15 Å². The molecule has 0 atom stereocenters. The number of aldehydes is 1. The normalized spacial score (nSPS) is 10.1. The standard InChI is InChI=1S/C10H14ClN3O2S/c1-3-4-14(5-8(16)12-2)10-13-9(11)7(6-15)17-10/h6H,3-5H2,1-2H3,(H,12,16). The SMILES string of the molecule is CCCN(CC(=O)NC)c1nc(Cl)c(C=O)s1. The van der Waals surface area contributed by atoms with Crippen molar-refractivity contribution in [2.45, 2.75) is 13.3 Å². The van der Waals surface area contributed by atoms with E-state index < -0.39 is 0 Å². The fourth-order valence-electron chi connectivity index (χ4n) is 1.27. The molecule has 1 aromatic heterocycles. The summed E-state index contributed by atoms with van der Waals surface area (Å²) in [5.74, 6) is -0.0996. The van der Waals surface area contributed by atoms with Crippen LogP contribution in [0.3, 0.4) is 0 Å². The van der Waals surface area contributed by atoms with Crippen molar-refractivity contribution in [3.63, 3.8) is 0 Å². The van der Waals surface area contributed by atoms with E-state index in [0.29, 0.717) is 22.8 Å². The monoisotopic (exact) mass is 275 g/mol. The third-order valence-electron chi connectivity index (χ3n) is 2.08. The summed E-state index contributed by atoms with van der Waals surface area (Å²) < 4.78 is 0. The predicted octanol–water partition coefficient (Wildman–Crippen LogP) is 1.57. The highest BCUT2D eigenvalue weighted by molar-refractivity contribution is 7.17. The molecule has 0 aliphatic carbocycles. The second-order valence-electron chi connectivity index (χ2n) is 3.36. The molecule has 7 heteroatoms. The number of hydrogen-bond acceptors (Lipinski definition) is 5. The minimum atomic E-state index is -0.0996. The van der Waals surface area contributed by atoms with Gasteiger partial charge in [-0.15, -0.1) is 0 Å². The third kappa shape index (κ3) is 3.67. The predicted molar refractivity (Wildman–Crippen MR) is 69.1 cm³/mol. The van der Waals surface area contributed by atoms with E-state index in [4.69, 9.17) is 11.6 Å². The number of carbonyl (C=O) groups is 2. The van der Waals surface area contributed by atoms with Crippen molar-refractivity contribution >= 4 is 40.3 Å². The third-order valence-corrected chi connectivity index (χ3v) is 3.52. The van der Waals surface area contributed by atoms with Crippen molar-refractivity contribution in [1.82, 2.24) is 10.3 Å². The number of aromatic nitrogens is 1. The summed E-state index contributed by atoms with van der Waals surface area (Å²) >= 11 is 7.00. The van der Waals surface area contributed by atoms with Gasteiger partial charge >= 0.3 is 0 Å². The number of carbonyl (C=O) groups excluding carboxylic acids is 2. The lowest BCUT2D eigenvalue weighted by Crippen LogP contribution is -2.36. The molecule has 0 fully saturated rings. The number of halogens is 1. The van der Waals surface area contributed by atoms with E-state index in [-0.39, 0.29) is 17.6 Å². The summed E-state index contributed by atoms with van der Waals surface area (Å²) in [5, 5.41) is 3.34. The van der Waals surface area contributed by atoms with Gasteiger partial charge in [0.05, 0.1) is 6.54 Å².